The molecule has 0 aliphatic heterocycles. The van der Waals surface area contributed by atoms with Crippen molar-refractivity contribution in [2.75, 3.05) is 26.8 Å². The van der Waals surface area contributed by atoms with E-state index >= 15 is 0 Å². The molecule has 2 aromatic heterocycles. The predicted octanol–water partition coefficient (Wildman–Crippen LogP) is -0.394. The van der Waals surface area contributed by atoms with E-state index in [0.29, 0.717) is 11.5 Å². The average molecular weight is 293 g/mol. The standard InChI is InChI=1S/C12H15N5O4/c1-8-9(5-13-12-14-7-15-17(8)12)11(20)16(3-4-21-2)6-10(18)19/h5,7H,3-4,6H2,1-2H3,(H,18,19). The number of fused-ring (bicyclic) bond motifs is 1. The summed E-state index contributed by atoms with van der Waals surface area (Å²) >= 11 is 0. The molecular weight excluding hydrogens is 278 g/mol. The van der Waals surface area contributed by atoms with Gasteiger partial charge in [-0.1, -0.05) is 0 Å². The number of aryl methyl sites for hydroxylation is 1. The van der Waals surface area contributed by atoms with E-state index in [-0.39, 0.29) is 18.7 Å². The van der Waals surface area contributed by atoms with E-state index in [2.05, 4.69) is 15.1 Å². The highest BCUT2D eigenvalue weighted by Crippen LogP contribution is 2.10. The maximum Gasteiger partial charge on any atom is 0.323 e. The molecular formula is C12H15N5O4. The summed E-state index contributed by atoms with van der Waals surface area (Å²) in [5.74, 6) is -1.14. The second-order valence-electron chi connectivity index (χ2n) is 4.34. The Bertz CT molecular complexity index is 669. The van der Waals surface area contributed by atoms with Crippen LogP contribution >= 0.6 is 0 Å². The Morgan fingerprint density at radius 3 is 2.86 bits per heavy atom. The summed E-state index contributed by atoms with van der Waals surface area (Å²) in [5, 5.41) is 12.9. The molecule has 2 heterocycles. The lowest BCUT2D eigenvalue weighted by Crippen LogP contribution is -2.38. The van der Waals surface area contributed by atoms with Crippen LogP contribution in [-0.4, -0.2) is 68.3 Å². The number of amides is 1. The molecule has 0 atom stereocenters. The Labute approximate surface area is 120 Å². The van der Waals surface area contributed by atoms with Gasteiger partial charge in [-0.15, -0.1) is 0 Å². The molecule has 0 saturated heterocycles. The monoisotopic (exact) mass is 293 g/mol. The van der Waals surface area contributed by atoms with Gasteiger partial charge in [-0.2, -0.15) is 10.1 Å². The number of nitrogens with zero attached hydrogens (tertiary/aromatic N) is 5. The summed E-state index contributed by atoms with van der Waals surface area (Å²) in [4.78, 5) is 32.5. The number of carbonyl (C=O) groups is 2. The van der Waals surface area contributed by atoms with Gasteiger partial charge in [0, 0.05) is 19.9 Å². The second kappa shape index (κ2) is 6.27. The number of ether oxygens (including phenoxy) is 1. The molecule has 9 heteroatoms. The molecule has 1 amide bonds. The maximum absolute atomic E-state index is 12.5. The minimum absolute atomic E-state index is 0.177. The van der Waals surface area contributed by atoms with Gasteiger partial charge >= 0.3 is 5.97 Å². The van der Waals surface area contributed by atoms with Crippen molar-refractivity contribution in [3.8, 4) is 0 Å². The summed E-state index contributed by atoms with van der Waals surface area (Å²) in [6.45, 7) is 1.72. The quantitative estimate of drug-likeness (QED) is 0.772. The Morgan fingerprint density at radius 2 is 2.19 bits per heavy atom. The number of carboxylic acid groups (broad SMARTS) is 1. The van der Waals surface area contributed by atoms with E-state index < -0.39 is 18.4 Å². The molecule has 0 spiro atoms. The summed E-state index contributed by atoms with van der Waals surface area (Å²) in [6, 6.07) is 0. The van der Waals surface area contributed by atoms with Gasteiger partial charge in [0.1, 0.15) is 12.9 Å². The van der Waals surface area contributed by atoms with Gasteiger partial charge in [-0.3, -0.25) is 9.59 Å². The van der Waals surface area contributed by atoms with Crippen molar-refractivity contribution in [3.05, 3.63) is 23.8 Å². The van der Waals surface area contributed by atoms with E-state index in [0.717, 1.165) is 0 Å². The van der Waals surface area contributed by atoms with Gasteiger partial charge in [0.25, 0.3) is 11.7 Å². The van der Waals surface area contributed by atoms with E-state index in [9.17, 15) is 9.59 Å². The van der Waals surface area contributed by atoms with Crippen LogP contribution in [0.1, 0.15) is 16.1 Å². The van der Waals surface area contributed by atoms with E-state index in [1.54, 1.807) is 6.92 Å². The molecule has 112 valence electrons. The molecule has 0 aromatic carbocycles. The average Bonchev–Trinajstić information content (AvgIpc) is 2.92. The molecule has 0 saturated carbocycles. The molecule has 2 rings (SSSR count). The Hall–Kier alpha value is -2.55. The minimum atomic E-state index is -1.09. The molecule has 0 aliphatic rings. The largest absolute Gasteiger partial charge is 0.480 e. The molecule has 0 bridgehead atoms. The van der Waals surface area contributed by atoms with Crippen molar-refractivity contribution in [2.45, 2.75) is 6.92 Å². The molecule has 2 aromatic rings. The smallest absolute Gasteiger partial charge is 0.323 e. The normalized spacial score (nSPS) is 10.8. The SMILES string of the molecule is COCCN(CC(=O)O)C(=O)c1cnc2ncnn2c1C. The second-order valence-corrected chi connectivity index (χ2v) is 4.34. The maximum atomic E-state index is 12.5. The first-order valence-electron chi connectivity index (χ1n) is 6.20. The van der Waals surface area contributed by atoms with Gasteiger partial charge in [0.05, 0.1) is 17.9 Å². The highest BCUT2D eigenvalue weighted by Gasteiger charge is 2.22. The highest BCUT2D eigenvalue weighted by atomic mass is 16.5. The van der Waals surface area contributed by atoms with Gasteiger partial charge in [0.15, 0.2) is 0 Å². The third-order valence-corrected chi connectivity index (χ3v) is 2.96. The zero-order valence-corrected chi connectivity index (χ0v) is 11.7. The molecule has 0 fully saturated rings. The van der Waals surface area contributed by atoms with Crippen molar-refractivity contribution >= 4 is 17.7 Å². The van der Waals surface area contributed by atoms with Crippen LogP contribution in [0.15, 0.2) is 12.5 Å². The number of aliphatic carboxylic acids is 1. The summed E-state index contributed by atoms with van der Waals surface area (Å²) in [7, 11) is 1.48. The Kier molecular flexibility index (Phi) is 4.43. The fraction of sp³-hybridized carbons (Fsp3) is 0.417. The van der Waals surface area contributed by atoms with Crippen molar-refractivity contribution in [3.63, 3.8) is 0 Å². The van der Waals surface area contributed by atoms with E-state index in [1.165, 1.54) is 29.0 Å². The zero-order valence-electron chi connectivity index (χ0n) is 11.7. The fourth-order valence-corrected chi connectivity index (χ4v) is 1.89. The van der Waals surface area contributed by atoms with Gasteiger partial charge < -0.3 is 14.7 Å². The predicted molar refractivity (Wildman–Crippen MR) is 70.9 cm³/mol. The molecule has 0 unspecified atom stereocenters. The number of hydrogen-bond donors (Lipinski definition) is 1. The number of hydrogen-bond acceptors (Lipinski definition) is 6. The van der Waals surface area contributed by atoms with Gasteiger partial charge in [-0.05, 0) is 6.92 Å². The minimum Gasteiger partial charge on any atom is -0.480 e. The number of carboxylic acids is 1. The lowest BCUT2D eigenvalue weighted by Gasteiger charge is -2.21. The third-order valence-electron chi connectivity index (χ3n) is 2.96. The number of aromatic nitrogens is 4. The van der Waals surface area contributed by atoms with Crippen molar-refractivity contribution in [1.82, 2.24) is 24.5 Å². The number of methoxy groups -OCH3 is 1. The van der Waals surface area contributed by atoms with Gasteiger partial charge in [0.2, 0.25) is 0 Å². The number of carbonyl (C=O) groups excluding carboxylic acids is 1. The third kappa shape index (κ3) is 3.14. The first-order valence-corrected chi connectivity index (χ1v) is 6.20. The first kappa shape index (κ1) is 14.9. The summed E-state index contributed by atoms with van der Waals surface area (Å²) in [5.41, 5.74) is 0.834. The van der Waals surface area contributed by atoms with E-state index in [1.807, 2.05) is 0 Å². The first-order chi connectivity index (χ1) is 10.0. The highest BCUT2D eigenvalue weighted by molar-refractivity contribution is 5.96. The van der Waals surface area contributed by atoms with Crippen LogP contribution in [0.2, 0.25) is 0 Å². The van der Waals surface area contributed by atoms with Crippen LogP contribution in [0.3, 0.4) is 0 Å². The molecule has 0 radical (unpaired) electrons. The van der Waals surface area contributed by atoms with Crippen molar-refractivity contribution in [2.24, 2.45) is 0 Å². The molecule has 21 heavy (non-hydrogen) atoms. The van der Waals surface area contributed by atoms with Gasteiger partial charge in [-0.25, -0.2) is 9.50 Å². The molecule has 1 N–H and O–H groups in total. The molecule has 0 aliphatic carbocycles. The lowest BCUT2D eigenvalue weighted by atomic mass is 10.2. The number of rotatable bonds is 6. The Balaban J connectivity index is 2.32. The Morgan fingerprint density at radius 1 is 1.43 bits per heavy atom. The van der Waals surface area contributed by atoms with Crippen LogP contribution in [0, 0.1) is 6.92 Å². The zero-order chi connectivity index (χ0) is 15.4. The van der Waals surface area contributed by atoms with E-state index in [4.69, 9.17) is 9.84 Å². The molecule has 9 nitrogen and oxygen atoms in total. The fourth-order valence-electron chi connectivity index (χ4n) is 1.89. The lowest BCUT2D eigenvalue weighted by molar-refractivity contribution is -0.137. The van der Waals surface area contributed by atoms with Crippen molar-refractivity contribution < 1.29 is 19.4 Å². The van der Waals surface area contributed by atoms with Crippen molar-refractivity contribution in [1.29, 1.82) is 0 Å². The van der Waals surface area contributed by atoms with Crippen LogP contribution in [-0.2, 0) is 9.53 Å². The van der Waals surface area contributed by atoms with Crippen LogP contribution in [0.5, 0.6) is 0 Å². The summed E-state index contributed by atoms with van der Waals surface area (Å²) < 4.78 is 6.33. The van der Waals surface area contributed by atoms with Crippen LogP contribution in [0.25, 0.3) is 5.78 Å². The summed E-state index contributed by atoms with van der Waals surface area (Å²) in [6.07, 6.45) is 2.72. The topological polar surface area (TPSA) is 110 Å². The van der Waals surface area contributed by atoms with Crippen LogP contribution < -0.4 is 0 Å². The van der Waals surface area contributed by atoms with Crippen LogP contribution in [0.4, 0.5) is 0 Å².